The maximum atomic E-state index is 13.8. The SMILES string of the molecule is CN(C(=O)CN1C(=O)C(O)(c2cccc(F)c2)c2ccccc21)c1ccccc1. The summed E-state index contributed by atoms with van der Waals surface area (Å²) in [6.45, 7) is -0.251. The number of anilines is 2. The van der Waals surface area contributed by atoms with Crippen molar-refractivity contribution in [3.05, 3.63) is 95.8 Å². The van der Waals surface area contributed by atoms with Crippen molar-refractivity contribution in [2.24, 2.45) is 0 Å². The van der Waals surface area contributed by atoms with E-state index < -0.39 is 17.3 Å². The summed E-state index contributed by atoms with van der Waals surface area (Å²) < 4.78 is 13.8. The summed E-state index contributed by atoms with van der Waals surface area (Å²) in [6, 6.07) is 21.1. The fraction of sp³-hybridized carbons (Fsp3) is 0.130. The number of hydrogen-bond acceptors (Lipinski definition) is 3. The zero-order chi connectivity index (χ0) is 20.6. The van der Waals surface area contributed by atoms with Gasteiger partial charge in [0.05, 0.1) is 5.69 Å². The van der Waals surface area contributed by atoms with Crippen LogP contribution in [0.15, 0.2) is 78.9 Å². The summed E-state index contributed by atoms with van der Waals surface area (Å²) >= 11 is 0. The number of hydrogen-bond donors (Lipinski definition) is 1. The van der Waals surface area contributed by atoms with Crippen molar-refractivity contribution in [1.29, 1.82) is 0 Å². The van der Waals surface area contributed by atoms with E-state index in [1.807, 2.05) is 18.2 Å². The Kier molecular flexibility index (Phi) is 4.64. The molecule has 0 bridgehead atoms. The average molecular weight is 390 g/mol. The molecule has 5 nitrogen and oxygen atoms in total. The number of carbonyl (C=O) groups excluding carboxylic acids is 2. The number of fused-ring (bicyclic) bond motifs is 1. The standard InChI is InChI=1S/C23H19FN2O3/c1-25(18-10-3-2-4-11-18)21(27)15-26-20-13-6-5-12-19(20)23(29,22(26)28)16-8-7-9-17(24)14-16/h2-14,29H,15H2,1H3. The lowest BCUT2D eigenvalue weighted by molar-refractivity contribution is -0.133. The minimum Gasteiger partial charge on any atom is -0.372 e. The Hall–Kier alpha value is -3.51. The van der Waals surface area contributed by atoms with Crippen molar-refractivity contribution in [2.75, 3.05) is 23.4 Å². The Bertz CT molecular complexity index is 1090. The molecule has 146 valence electrons. The van der Waals surface area contributed by atoms with Crippen molar-refractivity contribution < 1.29 is 19.1 Å². The highest BCUT2D eigenvalue weighted by atomic mass is 19.1. The second kappa shape index (κ2) is 7.14. The summed E-state index contributed by atoms with van der Waals surface area (Å²) in [5, 5.41) is 11.4. The van der Waals surface area contributed by atoms with Crippen LogP contribution < -0.4 is 9.80 Å². The minimum atomic E-state index is -2.05. The number of rotatable bonds is 4. The third-order valence-corrected chi connectivity index (χ3v) is 5.19. The van der Waals surface area contributed by atoms with Crippen LogP contribution in [0.5, 0.6) is 0 Å². The van der Waals surface area contributed by atoms with Crippen LogP contribution in [-0.2, 0) is 15.2 Å². The van der Waals surface area contributed by atoms with Gasteiger partial charge in [-0.1, -0.05) is 48.5 Å². The van der Waals surface area contributed by atoms with Crippen LogP contribution in [0.2, 0.25) is 0 Å². The second-order valence-electron chi connectivity index (χ2n) is 6.92. The molecule has 0 saturated carbocycles. The molecular formula is C23H19FN2O3. The van der Waals surface area contributed by atoms with E-state index in [-0.39, 0.29) is 18.0 Å². The molecule has 29 heavy (non-hydrogen) atoms. The van der Waals surface area contributed by atoms with Crippen LogP contribution in [0, 0.1) is 5.82 Å². The topological polar surface area (TPSA) is 60.9 Å². The van der Waals surface area contributed by atoms with E-state index >= 15 is 0 Å². The van der Waals surface area contributed by atoms with Gasteiger partial charge in [-0.15, -0.1) is 0 Å². The molecule has 6 heteroatoms. The largest absolute Gasteiger partial charge is 0.372 e. The van der Waals surface area contributed by atoms with Gasteiger partial charge in [0.25, 0.3) is 5.91 Å². The highest BCUT2D eigenvalue weighted by molar-refractivity contribution is 6.12. The van der Waals surface area contributed by atoms with Crippen molar-refractivity contribution >= 4 is 23.2 Å². The van der Waals surface area contributed by atoms with Gasteiger partial charge in [0.15, 0.2) is 5.60 Å². The Labute approximate surface area is 167 Å². The normalized spacial score (nSPS) is 17.9. The molecular weight excluding hydrogens is 371 g/mol. The monoisotopic (exact) mass is 390 g/mol. The summed E-state index contributed by atoms with van der Waals surface area (Å²) in [6.07, 6.45) is 0. The third-order valence-electron chi connectivity index (χ3n) is 5.19. The van der Waals surface area contributed by atoms with Gasteiger partial charge in [-0.05, 0) is 30.3 Å². The molecule has 1 unspecified atom stereocenters. The quantitative estimate of drug-likeness (QED) is 0.745. The zero-order valence-corrected chi connectivity index (χ0v) is 15.7. The number of nitrogens with zero attached hydrogens (tertiary/aromatic N) is 2. The van der Waals surface area contributed by atoms with Crippen LogP contribution >= 0.6 is 0 Å². The molecule has 0 radical (unpaired) electrons. The van der Waals surface area contributed by atoms with Crippen LogP contribution in [0.3, 0.4) is 0 Å². The Balaban J connectivity index is 1.71. The molecule has 1 aliphatic rings. The summed E-state index contributed by atoms with van der Waals surface area (Å²) in [5.74, 6) is -1.55. The minimum absolute atomic E-state index is 0.126. The molecule has 1 atom stereocenters. The maximum absolute atomic E-state index is 13.8. The van der Waals surface area contributed by atoms with Crippen molar-refractivity contribution in [3.63, 3.8) is 0 Å². The Morgan fingerprint density at radius 3 is 2.45 bits per heavy atom. The molecule has 1 N–H and O–H groups in total. The third kappa shape index (κ3) is 3.07. The second-order valence-corrected chi connectivity index (χ2v) is 6.92. The van der Waals surface area contributed by atoms with Crippen molar-refractivity contribution in [2.45, 2.75) is 5.60 Å². The first-order valence-electron chi connectivity index (χ1n) is 9.14. The molecule has 3 aromatic carbocycles. The number of halogens is 1. The van der Waals surface area contributed by atoms with Crippen molar-refractivity contribution in [1.82, 2.24) is 0 Å². The van der Waals surface area contributed by atoms with Crippen LogP contribution in [-0.4, -0.2) is 30.5 Å². The molecule has 0 aliphatic carbocycles. The highest BCUT2D eigenvalue weighted by Crippen LogP contribution is 2.44. The van der Waals surface area contributed by atoms with Gasteiger partial charge >= 0.3 is 0 Å². The summed E-state index contributed by atoms with van der Waals surface area (Å²) in [5.41, 5.74) is -0.478. The van der Waals surface area contributed by atoms with E-state index in [1.165, 1.54) is 28.0 Å². The molecule has 0 aromatic heterocycles. The molecule has 0 fully saturated rings. The average Bonchev–Trinajstić information content (AvgIpc) is 2.97. The number of benzene rings is 3. The molecule has 1 heterocycles. The first kappa shape index (κ1) is 18.8. The number of para-hydroxylation sites is 2. The lowest BCUT2D eigenvalue weighted by atomic mass is 9.87. The van der Waals surface area contributed by atoms with Gasteiger partial charge in [-0.2, -0.15) is 0 Å². The predicted molar refractivity (Wildman–Crippen MR) is 108 cm³/mol. The summed E-state index contributed by atoms with van der Waals surface area (Å²) in [4.78, 5) is 28.8. The predicted octanol–water partition coefficient (Wildman–Crippen LogP) is 3.07. The molecule has 3 aromatic rings. The van der Waals surface area contributed by atoms with E-state index in [9.17, 15) is 19.1 Å². The van der Waals surface area contributed by atoms with Gasteiger partial charge in [0.1, 0.15) is 12.4 Å². The van der Waals surface area contributed by atoms with Crippen LogP contribution in [0.1, 0.15) is 11.1 Å². The summed E-state index contributed by atoms with van der Waals surface area (Å²) in [7, 11) is 1.63. The van der Waals surface area contributed by atoms with Gasteiger partial charge in [-0.25, -0.2) is 4.39 Å². The number of amides is 2. The zero-order valence-electron chi connectivity index (χ0n) is 15.7. The van der Waals surface area contributed by atoms with E-state index in [0.717, 1.165) is 6.07 Å². The van der Waals surface area contributed by atoms with Crippen LogP contribution in [0.4, 0.5) is 15.8 Å². The molecule has 0 spiro atoms. The fourth-order valence-corrected chi connectivity index (χ4v) is 3.62. The van der Waals surface area contributed by atoms with Crippen LogP contribution in [0.25, 0.3) is 0 Å². The Morgan fingerprint density at radius 1 is 1.03 bits per heavy atom. The first-order chi connectivity index (χ1) is 13.9. The highest BCUT2D eigenvalue weighted by Gasteiger charge is 2.51. The molecule has 2 amide bonds. The van der Waals surface area contributed by atoms with E-state index in [0.29, 0.717) is 16.9 Å². The first-order valence-corrected chi connectivity index (χ1v) is 9.14. The maximum Gasteiger partial charge on any atom is 0.268 e. The molecule has 0 saturated heterocycles. The molecule has 4 rings (SSSR count). The lowest BCUT2D eigenvalue weighted by Crippen LogP contribution is -2.45. The fourth-order valence-electron chi connectivity index (χ4n) is 3.62. The number of carbonyl (C=O) groups is 2. The lowest BCUT2D eigenvalue weighted by Gasteiger charge is -2.25. The van der Waals surface area contributed by atoms with E-state index in [4.69, 9.17) is 0 Å². The van der Waals surface area contributed by atoms with E-state index in [1.54, 1.807) is 43.4 Å². The van der Waals surface area contributed by atoms with Gasteiger partial charge in [-0.3, -0.25) is 14.5 Å². The Morgan fingerprint density at radius 2 is 1.72 bits per heavy atom. The smallest absolute Gasteiger partial charge is 0.268 e. The number of likely N-dealkylation sites (N-methyl/N-ethyl adjacent to an activating group) is 1. The molecule has 1 aliphatic heterocycles. The van der Waals surface area contributed by atoms with E-state index in [2.05, 4.69) is 0 Å². The van der Waals surface area contributed by atoms with Crippen molar-refractivity contribution in [3.8, 4) is 0 Å². The van der Waals surface area contributed by atoms with Gasteiger partial charge in [0, 0.05) is 23.9 Å². The van der Waals surface area contributed by atoms with Gasteiger partial charge in [0.2, 0.25) is 5.91 Å². The van der Waals surface area contributed by atoms with Gasteiger partial charge < -0.3 is 10.0 Å². The number of aliphatic hydroxyl groups is 1.